The molecular weight excluding hydrogens is 265 g/mol. The van der Waals surface area contributed by atoms with Crippen molar-refractivity contribution in [3.05, 3.63) is 53.3 Å². The normalized spacial score (nSPS) is 10.9. The summed E-state index contributed by atoms with van der Waals surface area (Å²) in [6.07, 6.45) is 0. The van der Waals surface area contributed by atoms with Crippen LogP contribution >= 0.6 is 0 Å². The topological polar surface area (TPSA) is 37.8 Å². The van der Waals surface area contributed by atoms with E-state index in [1.54, 1.807) is 13.0 Å². The van der Waals surface area contributed by atoms with Crippen molar-refractivity contribution in [1.29, 1.82) is 0 Å². The van der Waals surface area contributed by atoms with Gasteiger partial charge in [0.05, 0.1) is 5.52 Å². The number of hydrogen-bond acceptors (Lipinski definition) is 3. The highest BCUT2D eigenvalue weighted by Gasteiger charge is 2.10. The zero-order valence-electron chi connectivity index (χ0n) is 12.2. The third-order valence-electron chi connectivity index (χ3n) is 3.52. The molecule has 1 heterocycles. The number of fused-ring (bicyclic) bond motifs is 1. The highest BCUT2D eigenvalue weighted by Crippen LogP contribution is 2.26. The van der Waals surface area contributed by atoms with E-state index >= 15 is 0 Å². The maximum absolute atomic E-state index is 13.7. The van der Waals surface area contributed by atoms with Crippen LogP contribution in [-0.4, -0.2) is 17.0 Å². The molecule has 2 aromatic carbocycles. The first kappa shape index (κ1) is 13.5. The lowest BCUT2D eigenvalue weighted by Crippen LogP contribution is -1.99. The summed E-state index contributed by atoms with van der Waals surface area (Å²) in [7, 11) is 1.82. The summed E-state index contributed by atoms with van der Waals surface area (Å²) in [6.45, 7) is 3.77. The Morgan fingerprint density at radius 1 is 1.00 bits per heavy atom. The fourth-order valence-corrected chi connectivity index (χ4v) is 2.29. The van der Waals surface area contributed by atoms with Crippen LogP contribution < -0.4 is 5.32 Å². The molecule has 0 bridgehead atoms. The quantitative estimate of drug-likeness (QED) is 0.768. The van der Waals surface area contributed by atoms with Gasteiger partial charge in [-0.3, -0.25) is 0 Å². The van der Waals surface area contributed by atoms with Gasteiger partial charge in [0, 0.05) is 18.0 Å². The monoisotopic (exact) mass is 281 g/mol. The van der Waals surface area contributed by atoms with E-state index in [2.05, 4.69) is 15.3 Å². The molecule has 3 nitrogen and oxygen atoms in total. The molecule has 4 heteroatoms. The fourth-order valence-electron chi connectivity index (χ4n) is 2.29. The SMILES string of the molecule is CNc1nc(-c2ccc(C)c(F)c2)nc2ccc(C)cc12. The molecule has 0 saturated carbocycles. The van der Waals surface area contributed by atoms with Gasteiger partial charge in [-0.15, -0.1) is 0 Å². The van der Waals surface area contributed by atoms with Gasteiger partial charge in [0.1, 0.15) is 11.6 Å². The van der Waals surface area contributed by atoms with Crippen molar-refractivity contribution in [2.24, 2.45) is 0 Å². The molecule has 0 fully saturated rings. The smallest absolute Gasteiger partial charge is 0.162 e. The second kappa shape index (κ2) is 5.13. The van der Waals surface area contributed by atoms with Crippen LogP contribution in [0.1, 0.15) is 11.1 Å². The van der Waals surface area contributed by atoms with Gasteiger partial charge in [0.2, 0.25) is 0 Å². The maximum Gasteiger partial charge on any atom is 0.162 e. The first-order chi connectivity index (χ1) is 10.1. The number of hydrogen-bond donors (Lipinski definition) is 1. The molecule has 0 saturated heterocycles. The molecule has 0 radical (unpaired) electrons. The van der Waals surface area contributed by atoms with Crippen LogP contribution in [0.4, 0.5) is 10.2 Å². The molecule has 3 aromatic rings. The van der Waals surface area contributed by atoms with Crippen LogP contribution in [-0.2, 0) is 0 Å². The number of halogens is 1. The summed E-state index contributed by atoms with van der Waals surface area (Å²) in [5, 5.41) is 4.05. The van der Waals surface area contributed by atoms with Crippen LogP contribution in [0.5, 0.6) is 0 Å². The van der Waals surface area contributed by atoms with Gasteiger partial charge >= 0.3 is 0 Å². The van der Waals surface area contributed by atoms with Crippen LogP contribution in [0.3, 0.4) is 0 Å². The van der Waals surface area contributed by atoms with Crippen molar-refractivity contribution in [2.75, 3.05) is 12.4 Å². The molecule has 0 aliphatic heterocycles. The van der Waals surface area contributed by atoms with Gasteiger partial charge in [0.15, 0.2) is 5.82 Å². The molecule has 1 N–H and O–H groups in total. The predicted octanol–water partition coefficient (Wildman–Crippen LogP) is 4.09. The Hall–Kier alpha value is -2.49. The third-order valence-corrected chi connectivity index (χ3v) is 3.52. The average Bonchev–Trinajstić information content (AvgIpc) is 2.49. The summed E-state index contributed by atoms with van der Waals surface area (Å²) in [5.41, 5.74) is 3.29. The van der Waals surface area contributed by atoms with Crippen molar-refractivity contribution in [2.45, 2.75) is 13.8 Å². The molecular formula is C17H16FN3. The van der Waals surface area contributed by atoms with E-state index in [0.717, 1.165) is 22.3 Å². The van der Waals surface area contributed by atoms with Crippen molar-refractivity contribution in [3.8, 4) is 11.4 Å². The van der Waals surface area contributed by atoms with Crippen molar-refractivity contribution >= 4 is 16.7 Å². The van der Waals surface area contributed by atoms with Gasteiger partial charge < -0.3 is 5.32 Å². The summed E-state index contributed by atoms with van der Waals surface area (Å²) < 4.78 is 13.7. The summed E-state index contributed by atoms with van der Waals surface area (Å²) in [4.78, 5) is 9.06. The molecule has 21 heavy (non-hydrogen) atoms. The van der Waals surface area contributed by atoms with E-state index in [9.17, 15) is 4.39 Å². The standard InChI is InChI=1S/C17H16FN3/c1-10-4-7-15-13(8-10)17(19-3)21-16(20-15)12-6-5-11(2)14(18)9-12/h4-9H,1-3H3,(H,19,20,21). The van der Waals surface area contributed by atoms with Gasteiger partial charge in [-0.2, -0.15) is 0 Å². The van der Waals surface area contributed by atoms with Gasteiger partial charge in [0.25, 0.3) is 0 Å². The van der Waals surface area contributed by atoms with E-state index in [-0.39, 0.29) is 5.82 Å². The van der Waals surface area contributed by atoms with E-state index in [4.69, 9.17) is 0 Å². The fraction of sp³-hybridized carbons (Fsp3) is 0.176. The third kappa shape index (κ3) is 2.44. The second-order valence-corrected chi connectivity index (χ2v) is 5.13. The highest BCUT2D eigenvalue weighted by atomic mass is 19.1. The molecule has 0 aliphatic rings. The van der Waals surface area contributed by atoms with Gasteiger partial charge in [-0.25, -0.2) is 14.4 Å². The molecule has 0 atom stereocenters. The van der Waals surface area contributed by atoms with Gasteiger partial charge in [-0.1, -0.05) is 23.8 Å². The Bertz CT molecular complexity index is 828. The van der Waals surface area contributed by atoms with Crippen LogP contribution in [0, 0.1) is 19.7 Å². The summed E-state index contributed by atoms with van der Waals surface area (Å²) >= 11 is 0. The Kier molecular flexibility index (Phi) is 3.29. The molecule has 0 amide bonds. The van der Waals surface area contributed by atoms with Crippen LogP contribution in [0.2, 0.25) is 0 Å². The Morgan fingerprint density at radius 3 is 2.52 bits per heavy atom. The van der Waals surface area contributed by atoms with E-state index in [1.807, 2.05) is 38.2 Å². The van der Waals surface area contributed by atoms with E-state index < -0.39 is 0 Å². The summed E-state index contributed by atoms with van der Waals surface area (Å²) in [6, 6.07) is 11.1. The summed E-state index contributed by atoms with van der Waals surface area (Å²) in [5.74, 6) is 1.03. The van der Waals surface area contributed by atoms with Crippen molar-refractivity contribution < 1.29 is 4.39 Å². The van der Waals surface area contributed by atoms with Crippen molar-refractivity contribution in [3.63, 3.8) is 0 Å². The minimum atomic E-state index is -0.244. The number of aromatic nitrogens is 2. The molecule has 1 aromatic heterocycles. The highest BCUT2D eigenvalue weighted by molar-refractivity contribution is 5.91. The lowest BCUT2D eigenvalue weighted by Gasteiger charge is -2.09. The Morgan fingerprint density at radius 2 is 1.81 bits per heavy atom. The zero-order valence-corrected chi connectivity index (χ0v) is 12.2. The van der Waals surface area contributed by atoms with E-state index in [0.29, 0.717) is 17.0 Å². The Labute approximate surface area is 122 Å². The first-order valence-corrected chi connectivity index (χ1v) is 6.81. The zero-order chi connectivity index (χ0) is 15.0. The molecule has 106 valence electrons. The Balaban J connectivity index is 2.23. The number of benzene rings is 2. The van der Waals surface area contributed by atoms with Gasteiger partial charge in [-0.05, 0) is 37.6 Å². The second-order valence-electron chi connectivity index (χ2n) is 5.13. The molecule has 0 unspecified atom stereocenters. The lowest BCUT2D eigenvalue weighted by atomic mass is 10.1. The first-order valence-electron chi connectivity index (χ1n) is 6.81. The average molecular weight is 281 g/mol. The number of nitrogens with one attached hydrogen (secondary N) is 1. The largest absolute Gasteiger partial charge is 0.373 e. The van der Waals surface area contributed by atoms with Crippen LogP contribution in [0.25, 0.3) is 22.3 Å². The number of anilines is 1. The maximum atomic E-state index is 13.7. The molecule has 0 aliphatic carbocycles. The minimum Gasteiger partial charge on any atom is -0.373 e. The number of nitrogens with zero attached hydrogens (tertiary/aromatic N) is 2. The predicted molar refractivity (Wildman–Crippen MR) is 84.0 cm³/mol. The minimum absolute atomic E-state index is 0.244. The number of rotatable bonds is 2. The van der Waals surface area contributed by atoms with Crippen LogP contribution in [0.15, 0.2) is 36.4 Å². The number of aryl methyl sites for hydroxylation is 2. The van der Waals surface area contributed by atoms with Crippen molar-refractivity contribution in [1.82, 2.24) is 9.97 Å². The lowest BCUT2D eigenvalue weighted by molar-refractivity contribution is 0.619. The molecule has 0 spiro atoms. The molecule has 3 rings (SSSR count). The van der Waals surface area contributed by atoms with E-state index in [1.165, 1.54) is 6.07 Å².